The van der Waals surface area contributed by atoms with Crippen LogP contribution >= 0.6 is 0 Å². The van der Waals surface area contributed by atoms with Gasteiger partial charge in [0.25, 0.3) is 5.91 Å². The number of carbonyl (C=O) groups excluding carboxylic acids is 2. The highest BCUT2D eigenvalue weighted by Crippen LogP contribution is 2.42. The minimum Gasteiger partial charge on any atom is -0.368 e. The Hall–Kier alpha value is -2.39. The molecule has 1 aromatic carbocycles. The number of carbonyl (C=O) groups is 2. The Kier molecular flexibility index (Phi) is 3.97. The molecule has 3 heterocycles. The number of rotatable bonds is 2. The van der Waals surface area contributed by atoms with Crippen molar-refractivity contribution >= 4 is 17.5 Å². The summed E-state index contributed by atoms with van der Waals surface area (Å²) in [7, 11) is 0. The van der Waals surface area contributed by atoms with E-state index in [1.807, 2.05) is 17.0 Å². The summed E-state index contributed by atoms with van der Waals surface area (Å²) >= 11 is 0. The number of ether oxygens (including phenoxy) is 1. The Labute approximate surface area is 147 Å². The molecule has 0 saturated carbocycles. The van der Waals surface area contributed by atoms with Crippen molar-refractivity contribution in [2.45, 2.75) is 31.8 Å². The fourth-order valence-corrected chi connectivity index (χ4v) is 4.22. The highest BCUT2D eigenvalue weighted by atomic mass is 16.5. The number of likely N-dealkylation sites (tertiary alicyclic amines) is 1. The molecule has 130 valence electrons. The van der Waals surface area contributed by atoms with E-state index in [1.165, 1.54) is 0 Å². The number of hydrogen-bond donors (Lipinski definition) is 0. The van der Waals surface area contributed by atoms with Crippen LogP contribution in [0.4, 0.5) is 5.69 Å². The molecule has 3 aliphatic heterocycles. The van der Waals surface area contributed by atoms with E-state index in [4.69, 9.17) is 10.00 Å². The van der Waals surface area contributed by atoms with Gasteiger partial charge >= 0.3 is 0 Å². The van der Waals surface area contributed by atoms with Crippen molar-refractivity contribution in [1.29, 1.82) is 5.26 Å². The van der Waals surface area contributed by atoms with Crippen LogP contribution in [0.3, 0.4) is 0 Å². The SMILES string of the molecule is N#Cc1ccc(N2CC3(CCN(C(=O)[C@H]4CCCO4)C3)CC2=O)cc1. The molecule has 0 aliphatic carbocycles. The number of hydrogen-bond acceptors (Lipinski definition) is 4. The molecule has 3 fully saturated rings. The van der Waals surface area contributed by atoms with E-state index in [2.05, 4.69) is 6.07 Å². The van der Waals surface area contributed by atoms with E-state index in [9.17, 15) is 9.59 Å². The molecule has 0 N–H and O–H groups in total. The predicted octanol–water partition coefficient (Wildman–Crippen LogP) is 1.69. The molecule has 3 saturated heterocycles. The molecule has 0 radical (unpaired) electrons. The zero-order valence-electron chi connectivity index (χ0n) is 14.1. The number of benzene rings is 1. The first-order valence-electron chi connectivity index (χ1n) is 8.81. The van der Waals surface area contributed by atoms with Crippen LogP contribution in [0, 0.1) is 16.7 Å². The van der Waals surface area contributed by atoms with Crippen LogP contribution in [0.15, 0.2) is 24.3 Å². The van der Waals surface area contributed by atoms with E-state index in [0.29, 0.717) is 38.2 Å². The standard InChI is InChI=1S/C19H21N3O3/c20-11-14-3-5-15(6-4-14)22-13-19(10-17(22)23)7-8-21(12-19)18(24)16-2-1-9-25-16/h3-6,16H,1-2,7-10,12-13H2/t16-,19?/m1/s1. The fourth-order valence-electron chi connectivity index (χ4n) is 4.22. The lowest BCUT2D eigenvalue weighted by molar-refractivity contribution is -0.140. The molecule has 6 heteroatoms. The lowest BCUT2D eigenvalue weighted by Gasteiger charge is -2.25. The Morgan fingerprint density at radius 1 is 1.28 bits per heavy atom. The van der Waals surface area contributed by atoms with Gasteiger partial charge in [-0.05, 0) is 43.5 Å². The summed E-state index contributed by atoms with van der Waals surface area (Å²) in [5, 5.41) is 8.91. The van der Waals surface area contributed by atoms with E-state index in [0.717, 1.165) is 24.9 Å². The minimum atomic E-state index is -0.290. The highest BCUT2D eigenvalue weighted by molar-refractivity contribution is 5.96. The van der Waals surface area contributed by atoms with E-state index >= 15 is 0 Å². The van der Waals surface area contributed by atoms with Gasteiger partial charge in [0, 0.05) is 43.8 Å². The van der Waals surface area contributed by atoms with Crippen LogP contribution in [0.2, 0.25) is 0 Å². The summed E-state index contributed by atoms with van der Waals surface area (Å²) < 4.78 is 5.52. The second-order valence-electron chi connectivity index (χ2n) is 7.33. The maximum Gasteiger partial charge on any atom is 0.251 e. The van der Waals surface area contributed by atoms with Crippen molar-refractivity contribution in [3.63, 3.8) is 0 Å². The first-order valence-corrected chi connectivity index (χ1v) is 8.81. The molecule has 3 aliphatic rings. The van der Waals surface area contributed by atoms with Crippen LogP contribution in [0.5, 0.6) is 0 Å². The summed E-state index contributed by atoms with van der Waals surface area (Å²) in [6, 6.07) is 9.19. The maximum atomic E-state index is 12.6. The van der Waals surface area contributed by atoms with Gasteiger partial charge in [-0.3, -0.25) is 9.59 Å². The zero-order valence-corrected chi connectivity index (χ0v) is 14.1. The highest BCUT2D eigenvalue weighted by Gasteiger charge is 2.49. The van der Waals surface area contributed by atoms with E-state index in [1.54, 1.807) is 17.0 Å². The predicted molar refractivity (Wildman–Crippen MR) is 90.7 cm³/mol. The summed E-state index contributed by atoms with van der Waals surface area (Å²) in [5.74, 6) is 0.176. The average Bonchev–Trinajstić information content (AvgIpc) is 3.36. The summed E-state index contributed by atoms with van der Waals surface area (Å²) in [4.78, 5) is 28.8. The van der Waals surface area contributed by atoms with Gasteiger partial charge in [0.05, 0.1) is 11.6 Å². The second kappa shape index (κ2) is 6.16. The summed E-state index contributed by atoms with van der Waals surface area (Å²) in [5.41, 5.74) is 1.25. The largest absolute Gasteiger partial charge is 0.368 e. The summed E-state index contributed by atoms with van der Waals surface area (Å²) in [6.07, 6.45) is 2.78. The number of nitrogens with zero attached hydrogens (tertiary/aromatic N) is 3. The van der Waals surface area contributed by atoms with E-state index in [-0.39, 0.29) is 23.3 Å². The monoisotopic (exact) mass is 339 g/mol. The molecular formula is C19H21N3O3. The molecular weight excluding hydrogens is 318 g/mol. The van der Waals surface area contributed by atoms with Crippen molar-refractivity contribution in [3.05, 3.63) is 29.8 Å². The third-order valence-electron chi connectivity index (χ3n) is 5.58. The molecule has 2 atom stereocenters. The van der Waals surface area contributed by atoms with Gasteiger partial charge in [-0.15, -0.1) is 0 Å². The molecule has 2 amide bonds. The topological polar surface area (TPSA) is 73.6 Å². The van der Waals surface area contributed by atoms with Gasteiger partial charge in [-0.1, -0.05) is 0 Å². The van der Waals surface area contributed by atoms with Gasteiger partial charge in [0.15, 0.2) is 0 Å². The molecule has 6 nitrogen and oxygen atoms in total. The molecule has 1 unspecified atom stereocenters. The number of anilines is 1. The molecule has 1 aromatic rings. The number of amides is 2. The van der Waals surface area contributed by atoms with Crippen LogP contribution in [-0.2, 0) is 14.3 Å². The van der Waals surface area contributed by atoms with Gasteiger partial charge in [0.1, 0.15) is 6.10 Å². The average molecular weight is 339 g/mol. The molecule has 0 bridgehead atoms. The lowest BCUT2D eigenvalue weighted by Crippen LogP contribution is -2.39. The van der Waals surface area contributed by atoms with Crippen LogP contribution in [0.25, 0.3) is 0 Å². The molecule has 0 aromatic heterocycles. The van der Waals surface area contributed by atoms with Crippen LogP contribution in [0.1, 0.15) is 31.2 Å². The second-order valence-corrected chi connectivity index (χ2v) is 7.33. The first kappa shape index (κ1) is 16.1. The molecule has 4 rings (SSSR count). The smallest absolute Gasteiger partial charge is 0.251 e. The Morgan fingerprint density at radius 3 is 2.76 bits per heavy atom. The fraction of sp³-hybridized carbons (Fsp3) is 0.526. The first-order chi connectivity index (χ1) is 12.1. The van der Waals surface area contributed by atoms with Crippen LogP contribution in [-0.4, -0.2) is 49.1 Å². The Morgan fingerprint density at radius 2 is 2.08 bits per heavy atom. The van der Waals surface area contributed by atoms with Crippen molar-refractivity contribution in [2.75, 3.05) is 31.1 Å². The van der Waals surface area contributed by atoms with Gasteiger partial charge in [-0.25, -0.2) is 0 Å². The molecule has 25 heavy (non-hydrogen) atoms. The zero-order chi connectivity index (χ0) is 17.4. The van der Waals surface area contributed by atoms with Gasteiger partial charge in [0.2, 0.25) is 5.91 Å². The Balaban J connectivity index is 1.46. The van der Waals surface area contributed by atoms with E-state index < -0.39 is 0 Å². The Bertz CT molecular complexity index is 733. The summed E-state index contributed by atoms with van der Waals surface area (Å²) in [6.45, 7) is 2.63. The quantitative estimate of drug-likeness (QED) is 0.822. The minimum absolute atomic E-state index is 0.0821. The van der Waals surface area contributed by atoms with Crippen molar-refractivity contribution in [1.82, 2.24) is 4.90 Å². The normalized spacial score (nSPS) is 28.8. The van der Waals surface area contributed by atoms with Crippen molar-refractivity contribution in [3.8, 4) is 6.07 Å². The lowest BCUT2D eigenvalue weighted by atomic mass is 9.86. The third-order valence-corrected chi connectivity index (χ3v) is 5.58. The van der Waals surface area contributed by atoms with Gasteiger partial charge in [-0.2, -0.15) is 5.26 Å². The van der Waals surface area contributed by atoms with Crippen molar-refractivity contribution < 1.29 is 14.3 Å². The molecule has 1 spiro atoms. The van der Waals surface area contributed by atoms with Crippen molar-refractivity contribution in [2.24, 2.45) is 5.41 Å². The number of nitriles is 1. The maximum absolute atomic E-state index is 12.6. The third kappa shape index (κ3) is 2.89. The van der Waals surface area contributed by atoms with Crippen LogP contribution < -0.4 is 4.90 Å². The van der Waals surface area contributed by atoms with Gasteiger partial charge < -0.3 is 14.5 Å².